The Kier molecular flexibility index (Phi) is 5.16. The van der Waals surface area contributed by atoms with E-state index in [-0.39, 0.29) is 6.61 Å². The summed E-state index contributed by atoms with van der Waals surface area (Å²) in [7, 11) is 1.52. The molecular weight excluding hydrogens is 302 g/mol. The van der Waals surface area contributed by atoms with Crippen molar-refractivity contribution < 1.29 is 19.1 Å². The first-order valence-corrected chi connectivity index (χ1v) is 7.50. The average Bonchev–Trinajstić information content (AvgIpc) is 2.84. The lowest BCUT2D eigenvalue weighted by molar-refractivity contribution is -0.119. The number of anilines is 1. The minimum absolute atomic E-state index is 0.342. The first kappa shape index (κ1) is 16.0. The number of benzene rings is 1. The number of thiophene rings is 1. The monoisotopic (exact) mass is 319 g/mol. The number of rotatable bonds is 5. The number of aryl methyl sites for hydroxylation is 2. The molecule has 0 radical (unpaired) electrons. The van der Waals surface area contributed by atoms with Crippen molar-refractivity contribution in [2.24, 2.45) is 0 Å². The summed E-state index contributed by atoms with van der Waals surface area (Å²) in [5, 5.41) is 2.65. The van der Waals surface area contributed by atoms with Crippen LogP contribution in [0.5, 0.6) is 5.75 Å². The molecule has 0 bridgehead atoms. The van der Waals surface area contributed by atoms with E-state index in [4.69, 9.17) is 9.47 Å². The fourth-order valence-electron chi connectivity index (χ4n) is 1.98. The molecule has 0 saturated heterocycles. The second kappa shape index (κ2) is 7.09. The van der Waals surface area contributed by atoms with Crippen molar-refractivity contribution in [3.63, 3.8) is 0 Å². The number of hydrogen-bond donors (Lipinski definition) is 1. The van der Waals surface area contributed by atoms with E-state index in [1.165, 1.54) is 18.4 Å². The minimum Gasteiger partial charge on any atom is -0.495 e. The zero-order chi connectivity index (χ0) is 16.1. The van der Waals surface area contributed by atoms with Crippen LogP contribution >= 0.6 is 11.3 Å². The number of hydrogen-bond acceptors (Lipinski definition) is 5. The molecular formula is C16H17NO4S. The molecule has 0 aliphatic carbocycles. The fraction of sp³-hybridized carbons (Fsp3) is 0.250. The summed E-state index contributed by atoms with van der Waals surface area (Å²) >= 11 is 1.52. The molecule has 1 amide bonds. The molecule has 0 aliphatic rings. The van der Waals surface area contributed by atoms with Crippen molar-refractivity contribution in [3.05, 3.63) is 45.6 Å². The van der Waals surface area contributed by atoms with E-state index in [1.54, 1.807) is 30.3 Å². The second-order valence-electron chi connectivity index (χ2n) is 4.65. The molecule has 5 nitrogen and oxygen atoms in total. The Morgan fingerprint density at radius 2 is 1.95 bits per heavy atom. The van der Waals surface area contributed by atoms with Crippen molar-refractivity contribution in [3.8, 4) is 5.75 Å². The molecule has 0 aliphatic heterocycles. The van der Waals surface area contributed by atoms with Crippen LogP contribution in [0, 0.1) is 13.8 Å². The maximum Gasteiger partial charge on any atom is 0.339 e. The van der Waals surface area contributed by atoms with Gasteiger partial charge >= 0.3 is 5.97 Å². The van der Waals surface area contributed by atoms with Gasteiger partial charge in [-0.2, -0.15) is 0 Å². The highest BCUT2D eigenvalue weighted by atomic mass is 32.1. The van der Waals surface area contributed by atoms with Crippen molar-refractivity contribution >= 4 is 28.9 Å². The fourth-order valence-corrected chi connectivity index (χ4v) is 2.89. The highest BCUT2D eigenvalue weighted by Gasteiger charge is 2.15. The smallest absolute Gasteiger partial charge is 0.339 e. The Labute approximate surface area is 132 Å². The number of carbonyl (C=O) groups is 2. The van der Waals surface area contributed by atoms with Gasteiger partial charge in [0.05, 0.1) is 18.4 Å². The highest BCUT2D eigenvalue weighted by molar-refractivity contribution is 7.12. The number of ether oxygens (including phenoxy) is 2. The van der Waals surface area contributed by atoms with Gasteiger partial charge in [0.25, 0.3) is 5.91 Å². The van der Waals surface area contributed by atoms with E-state index in [0.29, 0.717) is 17.0 Å². The summed E-state index contributed by atoms with van der Waals surface area (Å²) in [5.74, 6) is -0.356. The summed E-state index contributed by atoms with van der Waals surface area (Å²) < 4.78 is 10.2. The summed E-state index contributed by atoms with van der Waals surface area (Å²) in [6.45, 7) is 3.43. The zero-order valence-corrected chi connectivity index (χ0v) is 13.5. The number of nitrogens with one attached hydrogen (secondary N) is 1. The normalized spacial score (nSPS) is 10.1. The van der Waals surface area contributed by atoms with Gasteiger partial charge in [-0.1, -0.05) is 12.1 Å². The predicted octanol–water partition coefficient (Wildman–Crippen LogP) is 3.17. The molecule has 1 aromatic heterocycles. The van der Waals surface area contributed by atoms with Crippen molar-refractivity contribution in [2.45, 2.75) is 13.8 Å². The van der Waals surface area contributed by atoms with E-state index >= 15 is 0 Å². The Hall–Kier alpha value is -2.34. The summed E-state index contributed by atoms with van der Waals surface area (Å²) in [6, 6.07) is 8.79. The van der Waals surface area contributed by atoms with Gasteiger partial charge in [0, 0.05) is 9.75 Å². The van der Waals surface area contributed by atoms with Crippen LogP contribution in [-0.4, -0.2) is 25.6 Å². The van der Waals surface area contributed by atoms with Gasteiger partial charge in [-0.15, -0.1) is 11.3 Å². The zero-order valence-electron chi connectivity index (χ0n) is 12.6. The van der Waals surface area contributed by atoms with E-state index in [1.807, 2.05) is 13.8 Å². The Morgan fingerprint density at radius 3 is 2.59 bits per heavy atom. The molecule has 0 unspecified atom stereocenters. The topological polar surface area (TPSA) is 64.6 Å². The van der Waals surface area contributed by atoms with Crippen LogP contribution in [0.4, 0.5) is 5.69 Å². The molecule has 0 saturated carbocycles. The van der Waals surface area contributed by atoms with Gasteiger partial charge in [-0.3, -0.25) is 4.79 Å². The number of amides is 1. The van der Waals surface area contributed by atoms with Crippen LogP contribution in [0.25, 0.3) is 0 Å². The lowest BCUT2D eigenvalue weighted by Crippen LogP contribution is -2.21. The number of methoxy groups -OCH3 is 1. The Balaban J connectivity index is 1.93. The van der Waals surface area contributed by atoms with E-state index in [9.17, 15) is 9.59 Å². The lowest BCUT2D eigenvalue weighted by Gasteiger charge is -2.10. The SMILES string of the molecule is COc1ccccc1NC(=O)COC(=O)c1cc(C)sc1C. The average molecular weight is 319 g/mol. The van der Waals surface area contributed by atoms with E-state index in [2.05, 4.69) is 5.32 Å². The Morgan fingerprint density at radius 1 is 1.23 bits per heavy atom. The lowest BCUT2D eigenvalue weighted by atomic mass is 10.2. The first-order valence-electron chi connectivity index (χ1n) is 6.68. The molecule has 1 heterocycles. The minimum atomic E-state index is -0.489. The molecule has 0 fully saturated rings. The van der Waals surface area contributed by atoms with Crippen molar-refractivity contribution in [1.82, 2.24) is 0 Å². The second-order valence-corrected chi connectivity index (χ2v) is 6.11. The molecule has 0 atom stereocenters. The third-order valence-corrected chi connectivity index (χ3v) is 3.94. The van der Waals surface area contributed by atoms with Crippen LogP contribution < -0.4 is 10.1 Å². The summed E-state index contributed by atoms with van der Waals surface area (Å²) in [6.07, 6.45) is 0. The van der Waals surface area contributed by atoms with Gasteiger partial charge in [0.2, 0.25) is 0 Å². The number of esters is 1. The molecule has 2 aromatic rings. The van der Waals surface area contributed by atoms with Gasteiger partial charge < -0.3 is 14.8 Å². The molecule has 2 rings (SSSR count). The van der Waals surface area contributed by atoms with Gasteiger partial charge in [0.15, 0.2) is 6.61 Å². The maximum absolute atomic E-state index is 11.9. The van der Waals surface area contributed by atoms with E-state index < -0.39 is 11.9 Å². The van der Waals surface area contributed by atoms with Crippen LogP contribution in [-0.2, 0) is 9.53 Å². The largest absolute Gasteiger partial charge is 0.495 e. The number of para-hydroxylation sites is 2. The highest BCUT2D eigenvalue weighted by Crippen LogP contribution is 2.23. The molecule has 116 valence electrons. The number of carbonyl (C=O) groups excluding carboxylic acids is 2. The summed E-state index contributed by atoms with van der Waals surface area (Å²) in [4.78, 5) is 25.7. The quantitative estimate of drug-likeness (QED) is 0.860. The van der Waals surface area contributed by atoms with E-state index in [0.717, 1.165) is 9.75 Å². The first-order chi connectivity index (χ1) is 10.5. The van der Waals surface area contributed by atoms with Gasteiger partial charge in [-0.05, 0) is 32.0 Å². The molecule has 22 heavy (non-hydrogen) atoms. The van der Waals surface area contributed by atoms with Crippen LogP contribution in [0.1, 0.15) is 20.1 Å². The summed E-state index contributed by atoms with van der Waals surface area (Å²) in [5.41, 5.74) is 1.04. The third kappa shape index (κ3) is 3.85. The molecule has 0 spiro atoms. The molecule has 1 aromatic carbocycles. The standard InChI is InChI=1S/C16H17NO4S/c1-10-8-12(11(2)22-10)16(19)21-9-15(18)17-13-6-4-5-7-14(13)20-3/h4-8H,9H2,1-3H3,(H,17,18). The molecule has 6 heteroatoms. The van der Waals surface area contributed by atoms with Crippen molar-refractivity contribution in [1.29, 1.82) is 0 Å². The van der Waals surface area contributed by atoms with Crippen LogP contribution in [0.3, 0.4) is 0 Å². The van der Waals surface area contributed by atoms with Gasteiger partial charge in [-0.25, -0.2) is 4.79 Å². The van der Waals surface area contributed by atoms with Crippen LogP contribution in [0.15, 0.2) is 30.3 Å². The maximum atomic E-state index is 11.9. The van der Waals surface area contributed by atoms with Crippen molar-refractivity contribution in [2.75, 3.05) is 19.0 Å². The predicted molar refractivity (Wildman–Crippen MR) is 85.7 cm³/mol. The van der Waals surface area contributed by atoms with Gasteiger partial charge in [0.1, 0.15) is 5.75 Å². The van der Waals surface area contributed by atoms with Crippen LogP contribution in [0.2, 0.25) is 0 Å². The molecule has 1 N–H and O–H groups in total. The Bertz CT molecular complexity index is 693. The third-order valence-electron chi connectivity index (χ3n) is 2.98.